The molecule has 162 valence electrons. The molecule has 0 radical (unpaired) electrons. The second kappa shape index (κ2) is 10.1. The van der Waals surface area contributed by atoms with Gasteiger partial charge in [0.1, 0.15) is 12.5 Å². The first-order chi connectivity index (χ1) is 15.7. The molecule has 32 heavy (non-hydrogen) atoms. The van der Waals surface area contributed by atoms with E-state index in [2.05, 4.69) is 50.1 Å². The Hall–Kier alpha value is -3.04. The number of hydrogen-bond donors (Lipinski definition) is 0. The van der Waals surface area contributed by atoms with Gasteiger partial charge in [0, 0.05) is 17.8 Å². The van der Waals surface area contributed by atoms with Crippen molar-refractivity contribution < 1.29 is 35.2 Å². The number of oxazole rings is 1. The van der Waals surface area contributed by atoms with Gasteiger partial charge < -0.3 is 13.7 Å². The topological polar surface area (TPSA) is 31.3 Å². The van der Waals surface area contributed by atoms with Gasteiger partial charge in [0.2, 0.25) is 18.0 Å². The molecule has 0 N–H and O–H groups in total. The molecule has 0 bridgehead atoms. The van der Waals surface area contributed by atoms with E-state index in [1.165, 1.54) is 0 Å². The van der Waals surface area contributed by atoms with Gasteiger partial charge in [-0.05, 0) is 0 Å². The van der Waals surface area contributed by atoms with Crippen molar-refractivity contribution in [2.45, 2.75) is 0 Å². The van der Waals surface area contributed by atoms with Gasteiger partial charge in [0.15, 0.2) is 5.76 Å². The summed E-state index contributed by atoms with van der Waals surface area (Å²) in [6, 6.07) is 19.9. The molecule has 0 amide bonds. The third-order valence-corrected chi connectivity index (χ3v) is 4.85. The van der Waals surface area contributed by atoms with Crippen LogP contribution < -0.4 is 9.79 Å². The van der Waals surface area contributed by atoms with Gasteiger partial charge in [-0.25, -0.2) is 22.8 Å². The average molecular weight is 578 g/mol. The van der Waals surface area contributed by atoms with Crippen molar-refractivity contribution >= 4 is 31.5 Å². The molecule has 0 atom stereocenters. The average Bonchev–Trinajstić information content (AvgIpc) is 3.44. The van der Waals surface area contributed by atoms with Crippen LogP contribution in [0.2, 0.25) is 0 Å². The Morgan fingerprint density at radius 1 is 0.969 bits per heavy atom. The van der Waals surface area contributed by atoms with Crippen molar-refractivity contribution in [1.29, 1.82) is 0 Å². The quantitative estimate of drug-likeness (QED) is 0.259. The van der Waals surface area contributed by atoms with Gasteiger partial charge in [-0.1, -0.05) is 60.7 Å². The fourth-order valence-corrected chi connectivity index (χ4v) is 3.39. The Morgan fingerprint density at radius 2 is 1.62 bits per heavy atom. The molecule has 1 aliphatic heterocycles. The van der Waals surface area contributed by atoms with Crippen LogP contribution in [0.3, 0.4) is 0 Å². The second-order valence-corrected chi connectivity index (χ2v) is 6.95. The van der Waals surface area contributed by atoms with Gasteiger partial charge in [0.25, 0.3) is 0 Å². The minimum atomic E-state index is 0.612. The summed E-state index contributed by atoms with van der Waals surface area (Å²) in [5.74, 6) is 1.49. The van der Waals surface area contributed by atoms with E-state index in [1.54, 1.807) is 8.82 Å². The van der Waals surface area contributed by atoms with Gasteiger partial charge >= 0.3 is 30.6 Å². The van der Waals surface area contributed by atoms with Gasteiger partial charge in [-0.3, -0.25) is 6.08 Å². The first-order valence-corrected chi connectivity index (χ1v) is 13.2. The second-order valence-electron chi connectivity index (χ2n) is 6.95. The maximum absolute atomic E-state index is 6.10. The van der Waals surface area contributed by atoms with Crippen molar-refractivity contribution in [3.63, 3.8) is 0 Å². The molecule has 3 aromatic rings. The standard InChI is InChI=1S/C26H19N2O2.BrH.Pd/c1-27-17-23(19-10-5-3-6-11-19)29-25(27)21-14-9-15-22(16-21)26-28(2)18-24(30-26)20-12-7-4-8-13-20;;/h3-15,17-18H,1-2H2;1H;/q-1;;+2/p-1/b25-21+;;. The number of hydrogen-bond acceptors (Lipinski definition) is 2. The Balaban J connectivity index is 0.00000119. The van der Waals surface area contributed by atoms with Crippen LogP contribution in [-0.4, -0.2) is 11.3 Å². The van der Waals surface area contributed by atoms with Crippen LogP contribution >= 0.6 is 13.4 Å². The summed E-state index contributed by atoms with van der Waals surface area (Å²) < 4.78 is 15.6. The van der Waals surface area contributed by atoms with E-state index in [-0.39, 0.29) is 0 Å². The number of benzene rings is 2. The van der Waals surface area contributed by atoms with E-state index >= 15 is 0 Å². The Kier molecular flexibility index (Phi) is 6.97. The molecule has 0 unspecified atom stereocenters. The first-order valence-electron chi connectivity index (χ1n) is 9.67. The predicted octanol–water partition coefficient (Wildman–Crippen LogP) is 4.60. The normalized spacial score (nSPS) is 16.5. The fourth-order valence-electron chi connectivity index (χ4n) is 3.39. The number of aromatic nitrogens is 1. The first kappa shape index (κ1) is 22.2. The molecule has 2 aromatic carbocycles. The molecular formula is C26H19BrN2O2Pd. The Morgan fingerprint density at radius 3 is 2.31 bits per heavy atom. The van der Waals surface area contributed by atoms with Crippen LogP contribution in [0, 0.1) is 25.4 Å². The van der Waals surface area contributed by atoms with Crippen LogP contribution in [0.15, 0.2) is 95.2 Å². The number of halogens is 1. The molecule has 0 spiro atoms. The van der Waals surface area contributed by atoms with Gasteiger partial charge in [-0.15, -0.1) is 0 Å². The van der Waals surface area contributed by atoms with Crippen LogP contribution in [0.5, 0.6) is 0 Å². The minimum absolute atomic E-state index is 0.612. The summed E-state index contributed by atoms with van der Waals surface area (Å²) in [4.78, 5) is 0. The zero-order valence-electron chi connectivity index (χ0n) is 17.0. The third-order valence-electron chi connectivity index (χ3n) is 4.85. The molecule has 2 aliphatic rings. The number of nitrogens with zero attached hydrogens (tertiary/aromatic N) is 2. The molecule has 0 saturated heterocycles. The van der Waals surface area contributed by atoms with E-state index in [9.17, 15) is 0 Å². The Bertz CT molecular complexity index is 1330. The van der Waals surface area contributed by atoms with Crippen LogP contribution in [0.1, 0.15) is 5.56 Å². The molecule has 5 rings (SSSR count). The van der Waals surface area contributed by atoms with Gasteiger partial charge in [0.05, 0.1) is 6.20 Å². The Labute approximate surface area is 204 Å². The molecule has 2 heterocycles. The van der Waals surface area contributed by atoms with Crippen LogP contribution in [-0.2, 0) is 21.9 Å². The molecule has 0 fully saturated rings. The molecule has 1 aromatic heterocycles. The summed E-state index contributed by atoms with van der Waals surface area (Å²) in [6.45, 7) is 8.14. The summed E-state index contributed by atoms with van der Waals surface area (Å²) in [6.07, 6.45) is 13.5. The predicted molar refractivity (Wildman–Crippen MR) is 123 cm³/mol. The zero-order chi connectivity index (χ0) is 22.5. The van der Waals surface area contributed by atoms with Crippen molar-refractivity contribution in [3.05, 3.63) is 127 Å². The van der Waals surface area contributed by atoms with E-state index in [4.69, 9.17) is 9.15 Å². The maximum atomic E-state index is 6.10. The van der Waals surface area contributed by atoms with Crippen LogP contribution in [0.4, 0.5) is 0 Å². The zero-order valence-corrected chi connectivity index (χ0v) is 20.1. The fraction of sp³-hybridized carbons (Fsp3) is 0. The summed E-state index contributed by atoms with van der Waals surface area (Å²) in [5, 5.41) is 0. The van der Waals surface area contributed by atoms with Crippen molar-refractivity contribution in [2.24, 2.45) is 0 Å². The SMILES string of the molecule is C=[N+]1C=C(c2ccccc2)O[C-]1C1=[C-]/C(=c2/oc(-c3ccccc3)c[n+]2=C)[CH-]C=C1.[Br][Pd+]. The van der Waals surface area contributed by atoms with Crippen LogP contribution in [0.25, 0.3) is 22.7 Å². The van der Waals surface area contributed by atoms with Gasteiger partial charge in [-0.2, -0.15) is 11.1 Å². The van der Waals surface area contributed by atoms with Crippen molar-refractivity contribution in [2.75, 3.05) is 0 Å². The molecule has 1 aliphatic carbocycles. The number of rotatable bonds is 3. The van der Waals surface area contributed by atoms with E-state index in [1.807, 2.05) is 91.6 Å². The molecule has 6 heteroatoms. The summed E-state index contributed by atoms with van der Waals surface area (Å²) in [7, 11) is 0. The van der Waals surface area contributed by atoms with Crippen molar-refractivity contribution in [3.8, 4) is 11.3 Å². The summed E-state index contributed by atoms with van der Waals surface area (Å²) in [5.41, 5.74) is 4.16. The van der Waals surface area contributed by atoms with E-state index < -0.39 is 0 Å². The number of ether oxygens (including phenoxy) is 1. The van der Waals surface area contributed by atoms with E-state index in [0.717, 1.165) is 33.8 Å². The van der Waals surface area contributed by atoms with E-state index in [0.29, 0.717) is 11.8 Å². The molecule has 4 nitrogen and oxygen atoms in total. The third kappa shape index (κ3) is 4.58. The monoisotopic (exact) mass is 576 g/mol. The molecular weight excluding hydrogens is 559 g/mol. The molecule has 0 saturated carbocycles. The number of allylic oxidation sites excluding steroid dienone is 2. The summed E-state index contributed by atoms with van der Waals surface area (Å²) >= 11 is 5.35. The van der Waals surface area contributed by atoms with Crippen molar-refractivity contribution in [1.82, 2.24) is 0 Å².